The van der Waals surface area contributed by atoms with Crippen LogP contribution in [0.25, 0.3) is 0 Å². The number of nitrogens with zero attached hydrogens (tertiary/aromatic N) is 4. The number of pyridine rings is 2. The lowest BCUT2D eigenvalue weighted by Crippen LogP contribution is -2.51. The predicted octanol–water partition coefficient (Wildman–Crippen LogP) is 2.54. The van der Waals surface area contributed by atoms with Crippen LogP contribution in [0.4, 0.5) is 4.79 Å². The molecule has 9 heteroatoms. The number of rotatable bonds is 3. The second-order valence-corrected chi connectivity index (χ2v) is 7.28. The van der Waals surface area contributed by atoms with Crippen LogP contribution in [-0.2, 0) is 5.60 Å². The summed E-state index contributed by atoms with van der Waals surface area (Å²) in [7, 11) is 3.06. The van der Waals surface area contributed by atoms with Gasteiger partial charge in [0.1, 0.15) is 11.8 Å². The predicted molar refractivity (Wildman–Crippen MR) is 106 cm³/mol. The van der Waals surface area contributed by atoms with Crippen molar-refractivity contribution in [3.05, 3.63) is 48.0 Å². The summed E-state index contributed by atoms with van der Waals surface area (Å²) >= 11 is 0. The van der Waals surface area contributed by atoms with Gasteiger partial charge in [0.05, 0.1) is 37.8 Å². The third-order valence-corrected chi connectivity index (χ3v) is 5.62. The molecule has 4 heterocycles. The van der Waals surface area contributed by atoms with Gasteiger partial charge in [0.2, 0.25) is 0 Å². The minimum atomic E-state index is -1.04. The lowest BCUT2D eigenvalue weighted by Gasteiger charge is -2.43. The molecule has 2 bridgehead atoms. The van der Waals surface area contributed by atoms with E-state index in [1.807, 2.05) is 6.07 Å². The van der Waals surface area contributed by atoms with Crippen molar-refractivity contribution >= 4 is 6.09 Å². The van der Waals surface area contributed by atoms with Crippen LogP contribution < -0.4 is 9.47 Å². The number of methoxy groups -OCH3 is 2. The molecule has 2 aromatic rings. The molecule has 1 unspecified atom stereocenters. The molecule has 0 aromatic carbocycles. The summed E-state index contributed by atoms with van der Waals surface area (Å²) in [5.41, 5.74) is 0.181. The van der Waals surface area contributed by atoms with Gasteiger partial charge in [-0.05, 0) is 25.0 Å². The fourth-order valence-corrected chi connectivity index (χ4v) is 4.32. The summed E-state index contributed by atoms with van der Waals surface area (Å²) in [6.07, 6.45) is 7.84. The summed E-state index contributed by atoms with van der Waals surface area (Å²) in [6, 6.07) is 5.12. The largest absolute Gasteiger partial charge is 0.495 e. The maximum atomic E-state index is 11.3. The van der Waals surface area contributed by atoms with E-state index >= 15 is 0 Å². The molecular formula is C21H24N4O5. The number of carboxylic acid groups (broad SMARTS) is 1. The molecule has 2 N–H and O–H groups in total. The van der Waals surface area contributed by atoms with E-state index in [1.165, 1.54) is 18.2 Å². The summed E-state index contributed by atoms with van der Waals surface area (Å²) in [5, 5.41) is 28.8. The minimum absolute atomic E-state index is 0.117. The molecular weight excluding hydrogens is 388 g/mol. The number of hydrogen-bond donors (Lipinski definition) is 2. The maximum Gasteiger partial charge on any atom is 0.407 e. The van der Waals surface area contributed by atoms with E-state index < -0.39 is 11.7 Å². The second-order valence-electron chi connectivity index (χ2n) is 7.28. The summed E-state index contributed by atoms with van der Waals surface area (Å²) < 4.78 is 10.1. The molecule has 1 amide bonds. The van der Waals surface area contributed by atoms with E-state index in [4.69, 9.17) is 14.7 Å². The Kier molecular flexibility index (Phi) is 6.37. The van der Waals surface area contributed by atoms with Crippen LogP contribution in [0.2, 0.25) is 0 Å². The fourth-order valence-electron chi connectivity index (χ4n) is 4.32. The number of hydrogen-bond acceptors (Lipinski definition) is 7. The van der Waals surface area contributed by atoms with Crippen molar-refractivity contribution in [1.29, 1.82) is 5.26 Å². The Morgan fingerprint density at radius 3 is 2.20 bits per heavy atom. The van der Waals surface area contributed by atoms with E-state index in [9.17, 15) is 15.0 Å². The normalized spacial score (nSPS) is 24.3. The first-order valence-corrected chi connectivity index (χ1v) is 9.53. The van der Waals surface area contributed by atoms with Gasteiger partial charge in [-0.2, -0.15) is 5.26 Å². The number of fused-ring (bicyclic) bond motifs is 2. The highest BCUT2D eigenvalue weighted by atomic mass is 16.5. The third-order valence-electron chi connectivity index (χ3n) is 5.62. The average Bonchev–Trinajstić information content (AvgIpc) is 3.06. The fraction of sp³-hybridized carbons (Fsp3) is 0.429. The van der Waals surface area contributed by atoms with Gasteiger partial charge in [-0.1, -0.05) is 0 Å². The molecule has 0 spiro atoms. The number of ether oxygens (including phenoxy) is 2. The van der Waals surface area contributed by atoms with Crippen LogP contribution >= 0.6 is 0 Å². The first kappa shape index (κ1) is 21.3. The van der Waals surface area contributed by atoms with E-state index in [0.29, 0.717) is 35.5 Å². The van der Waals surface area contributed by atoms with Crippen molar-refractivity contribution in [3.63, 3.8) is 0 Å². The lowest BCUT2D eigenvalue weighted by molar-refractivity contribution is -0.0505. The van der Waals surface area contributed by atoms with Crippen molar-refractivity contribution in [2.24, 2.45) is 0 Å². The molecule has 2 aliphatic rings. The monoisotopic (exact) mass is 412 g/mol. The highest BCUT2D eigenvalue weighted by molar-refractivity contribution is 5.67. The second kappa shape index (κ2) is 8.97. The van der Waals surface area contributed by atoms with Crippen LogP contribution in [0.3, 0.4) is 0 Å². The summed E-state index contributed by atoms with van der Waals surface area (Å²) in [6.45, 7) is 0. The van der Waals surface area contributed by atoms with Crippen LogP contribution in [-0.4, -0.2) is 57.5 Å². The van der Waals surface area contributed by atoms with Gasteiger partial charge in [0.15, 0.2) is 5.75 Å². The van der Waals surface area contributed by atoms with Crippen LogP contribution in [0, 0.1) is 11.3 Å². The smallest absolute Gasteiger partial charge is 0.407 e. The zero-order chi connectivity index (χ0) is 21.7. The van der Waals surface area contributed by atoms with Crippen molar-refractivity contribution in [1.82, 2.24) is 14.9 Å². The van der Waals surface area contributed by atoms with Crippen LogP contribution in [0.15, 0.2) is 36.9 Å². The van der Waals surface area contributed by atoms with Gasteiger partial charge >= 0.3 is 6.09 Å². The van der Waals surface area contributed by atoms with Crippen LogP contribution in [0.5, 0.6) is 11.5 Å². The molecule has 4 rings (SSSR count). The molecule has 0 saturated carbocycles. The molecule has 9 nitrogen and oxygen atoms in total. The number of carbonyl (C=O) groups is 1. The first-order valence-electron chi connectivity index (χ1n) is 9.53. The first-order chi connectivity index (χ1) is 14.4. The molecule has 2 aromatic heterocycles. The Balaban J connectivity index is 0.000000216. The molecule has 0 radical (unpaired) electrons. The Labute approximate surface area is 174 Å². The van der Waals surface area contributed by atoms with Crippen molar-refractivity contribution in [2.75, 3.05) is 14.2 Å². The number of aromatic nitrogens is 2. The van der Waals surface area contributed by atoms with Crippen LogP contribution in [0.1, 0.15) is 36.8 Å². The zero-order valence-corrected chi connectivity index (χ0v) is 16.9. The summed E-state index contributed by atoms with van der Waals surface area (Å²) in [5.74, 6) is 1.07. The average molecular weight is 412 g/mol. The van der Waals surface area contributed by atoms with Crippen molar-refractivity contribution < 1.29 is 24.5 Å². The van der Waals surface area contributed by atoms with E-state index in [2.05, 4.69) is 9.97 Å². The van der Waals surface area contributed by atoms with Gasteiger partial charge in [0.25, 0.3) is 0 Å². The van der Waals surface area contributed by atoms with Gasteiger partial charge in [-0.15, -0.1) is 0 Å². The van der Waals surface area contributed by atoms with Gasteiger partial charge < -0.3 is 24.6 Å². The molecule has 158 valence electrons. The number of amides is 1. The topological polar surface area (TPSA) is 129 Å². The molecule has 30 heavy (non-hydrogen) atoms. The Morgan fingerprint density at radius 1 is 1.13 bits per heavy atom. The van der Waals surface area contributed by atoms with Gasteiger partial charge in [0, 0.05) is 42.9 Å². The summed E-state index contributed by atoms with van der Waals surface area (Å²) in [4.78, 5) is 20.6. The van der Waals surface area contributed by atoms with E-state index in [0.717, 1.165) is 12.8 Å². The van der Waals surface area contributed by atoms with Gasteiger partial charge in [-0.3, -0.25) is 9.97 Å². The zero-order valence-electron chi connectivity index (χ0n) is 16.9. The van der Waals surface area contributed by atoms with Crippen molar-refractivity contribution in [2.45, 2.75) is 43.4 Å². The molecule has 0 aliphatic carbocycles. The Hall–Kier alpha value is -3.38. The standard InChI is InChI=1S/C14H18N2O4.C7H6N2O/c1-20-12-8-15-5-4-11(12)14(19)6-9-2-3-10(7-14)16(9)13(17)18;1-10-7-5-9-3-2-6(7)4-8/h4-5,8-10,19H,2-3,6-7H2,1H3,(H,17,18);2-3,5H,1H3/t9-,10+,14?;. The van der Waals surface area contributed by atoms with Crippen molar-refractivity contribution in [3.8, 4) is 17.6 Å². The van der Waals surface area contributed by atoms with E-state index in [1.54, 1.807) is 37.8 Å². The highest BCUT2D eigenvalue weighted by Crippen LogP contribution is 2.47. The molecule has 3 atom stereocenters. The molecule has 2 fully saturated rings. The minimum Gasteiger partial charge on any atom is -0.495 e. The third kappa shape index (κ3) is 4.14. The maximum absolute atomic E-state index is 11.3. The van der Waals surface area contributed by atoms with Gasteiger partial charge in [-0.25, -0.2) is 4.79 Å². The SMILES string of the molecule is COc1cnccc1C#N.COc1cnccc1C1(O)C[C@H]2CC[C@@H](C1)N2C(=O)O. The quantitative estimate of drug-likeness (QED) is 0.787. The number of aliphatic hydroxyl groups is 1. The number of nitriles is 1. The highest BCUT2D eigenvalue weighted by Gasteiger charge is 2.51. The van der Waals surface area contributed by atoms with E-state index in [-0.39, 0.29) is 12.1 Å². The number of piperidine rings is 1. The Bertz CT molecular complexity index is 931. The Morgan fingerprint density at radius 2 is 1.70 bits per heavy atom. The molecule has 2 aliphatic heterocycles. The molecule has 2 saturated heterocycles. The lowest BCUT2D eigenvalue weighted by atomic mass is 9.80.